The zero-order valence-electron chi connectivity index (χ0n) is 10.7. The lowest BCUT2D eigenvalue weighted by Gasteiger charge is -2.18. The Morgan fingerprint density at radius 2 is 2.05 bits per heavy atom. The minimum absolute atomic E-state index is 0.0384. The van der Waals surface area contributed by atoms with Gasteiger partial charge in [0.25, 0.3) is 0 Å². The highest BCUT2D eigenvalue weighted by Gasteiger charge is 2.41. The van der Waals surface area contributed by atoms with Crippen LogP contribution in [0.3, 0.4) is 0 Å². The first-order valence-corrected chi connectivity index (χ1v) is 6.28. The molecule has 2 aromatic rings. The van der Waals surface area contributed by atoms with Crippen molar-refractivity contribution in [2.24, 2.45) is 0 Å². The van der Waals surface area contributed by atoms with Gasteiger partial charge in [0, 0.05) is 12.7 Å². The predicted octanol–water partition coefficient (Wildman–Crippen LogP) is 0.832. The molecule has 0 spiro atoms. The fourth-order valence-electron chi connectivity index (χ4n) is 2.47. The van der Waals surface area contributed by atoms with E-state index < -0.39 is 30.4 Å². The molecule has 112 valence electrons. The zero-order chi connectivity index (χ0) is 15.2. The normalized spacial score (nSPS) is 19.7. The molecule has 21 heavy (non-hydrogen) atoms. The van der Waals surface area contributed by atoms with E-state index in [2.05, 4.69) is 5.10 Å². The van der Waals surface area contributed by atoms with Crippen molar-refractivity contribution in [1.29, 1.82) is 0 Å². The van der Waals surface area contributed by atoms with E-state index in [0.29, 0.717) is 10.5 Å². The summed E-state index contributed by atoms with van der Waals surface area (Å²) in [7, 11) is 0. The SMILES string of the molecule is O=C1[C@@H](n2nc3ccccn3c2=O)CCN1CC(F)(F)F. The van der Waals surface area contributed by atoms with Gasteiger partial charge < -0.3 is 4.90 Å². The van der Waals surface area contributed by atoms with Crippen molar-refractivity contribution in [2.75, 3.05) is 13.1 Å². The molecule has 1 atom stereocenters. The van der Waals surface area contributed by atoms with E-state index in [-0.39, 0.29) is 13.0 Å². The van der Waals surface area contributed by atoms with Gasteiger partial charge in [0.15, 0.2) is 5.65 Å². The van der Waals surface area contributed by atoms with Crippen LogP contribution < -0.4 is 5.69 Å². The Labute approximate surface area is 116 Å². The molecule has 1 aliphatic heterocycles. The number of carbonyl (C=O) groups excluding carboxylic acids is 1. The van der Waals surface area contributed by atoms with Gasteiger partial charge in [-0.2, -0.15) is 17.9 Å². The fourth-order valence-corrected chi connectivity index (χ4v) is 2.47. The van der Waals surface area contributed by atoms with E-state index in [0.717, 1.165) is 4.68 Å². The number of likely N-dealkylation sites (tertiary alicyclic amines) is 1. The Balaban J connectivity index is 1.92. The van der Waals surface area contributed by atoms with Crippen LogP contribution in [0.4, 0.5) is 13.2 Å². The Morgan fingerprint density at radius 3 is 2.71 bits per heavy atom. The number of hydrogen-bond donors (Lipinski definition) is 0. The van der Waals surface area contributed by atoms with Crippen LogP contribution >= 0.6 is 0 Å². The third-order valence-electron chi connectivity index (χ3n) is 3.39. The van der Waals surface area contributed by atoms with Crippen LogP contribution in [0.15, 0.2) is 29.2 Å². The second-order valence-electron chi connectivity index (χ2n) is 4.84. The van der Waals surface area contributed by atoms with E-state index in [1.54, 1.807) is 18.2 Å². The van der Waals surface area contributed by atoms with Crippen molar-refractivity contribution >= 4 is 11.6 Å². The minimum atomic E-state index is -4.45. The first kappa shape index (κ1) is 13.7. The molecule has 3 rings (SSSR count). The number of hydrogen-bond acceptors (Lipinski definition) is 3. The molecule has 0 N–H and O–H groups in total. The lowest BCUT2D eigenvalue weighted by atomic mass is 10.2. The van der Waals surface area contributed by atoms with Crippen LogP contribution in [0.2, 0.25) is 0 Å². The summed E-state index contributed by atoms with van der Waals surface area (Å²) in [5, 5.41) is 4.01. The second kappa shape index (κ2) is 4.61. The van der Waals surface area contributed by atoms with E-state index in [4.69, 9.17) is 0 Å². The number of fused-ring (bicyclic) bond motifs is 1. The Morgan fingerprint density at radius 1 is 1.29 bits per heavy atom. The zero-order valence-corrected chi connectivity index (χ0v) is 10.7. The summed E-state index contributed by atoms with van der Waals surface area (Å²) in [6.07, 6.45) is -2.82. The third kappa shape index (κ3) is 2.39. The summed E-state index contributed by atoms with van der Waals surface area (Å²) >= 11 is 0. The quantitative estimate of drug-likeness (QED) is 0.825. The molecule has 1 amide bonds. The maximum atomic E-state index is 12.4. The maximum Gasteiger partial charge on any atom is 0.406 e. The number of rotatable bonds is 2. The standard InChI is InChI=1S/C12H11F3N4O2/c13-12(14,15)7-17-6-4-8(10(17)20)19-11(21)18-5-2-1-3-9(18)16-19/h1-3,5,8H,4,6-7H2/t8-/m0/s1. The molecule has 3 heterocycles. The second-order valence-corrected chi connectivity index (χ2v) is 4.84. The number of amides is 1. The minimum Gasteiger partial charge on any atom is -0.332 e. The van der Waals surface area contributed by atoms with Crippen molar-refractivity contribution in [2.45, 2.75) is 18.6 Å². The van der Waals surface area contributed by atoms with Crippen LogP contribution in [0, 0.1) is 0 Å². The van der Waals surface area contributed by atoms with Crippen LogP contribution in [-0.2, 0) is 4.79 Å². The molecule has 0 aliphatic carbocycles. The molecule has 0 bridgehead atoms. The van der Waals surface area contributed by atoms with Gasteiger partial charge in [0.2, 0.25) is 5.91 Å². The first-order chi connectivity index (χ1) is 9.87. The Kier molecular flexibility index (Phi) is 2.99. The summed E-state index contributed by atoms with van der Waals surface area (Å²) in [4.78, 5) is 24.9. The number of carbonyl (C=O) groups is 1. The van der Waals surface area contributed by atoms with Crippen molar-refractivity contribution in [3.8, 4) is 0 Å². The van der Waals surface area contributed by atoms with Gasteiger partial charge in [0.05, 0.1) is 0 Å². The van der Waals surface area contributed by atoms with Crippen molar-refractivity contribution in [3.63, 3.8) is 0 Å². The molecule has 0 saturated carbocycles. The average Bonchev–Trinajstić information content (AvgIpc) is 2.91. The highest BCUT2D eigenvalue weighted by atomic mass is 19.4. The van der Waals surface area contributed by atoms with Crippen molar-refractivity contribution < 1.29 is 18.0 Å². The van der Waals surface area contributed by atoms with Gasteiger partial charge in [-0.3, -0.25) is 9.20 Å². The first-order valence-electron chi connectivity index (χ1n) is 6.28. The summed E-state index contributed by atoms with van der Waals surface area (Å²) in [5.74, 6) is -0.724. The monoisotopic (exact) mass is 300 g/mol. The molecule has 0 aromatic carbocycles. The van der Waals surface area contributed by atoms with E-state index in [9.17, 15) is 22.8 Å². The molecular formula is C12H11F3N4O2. The number of pyridine rings is 1. The van der Waals surface area contributed by atoms with Gasteiger partial charge in [0.1, 0.15) is 12.6 Å². The largest absolute Gasteiger partial charge is 0.406 e. The van der Waals surface area contributed by atoms with Gasteiger partial charge in [-0.1, -0.05) is 6.07 Å². The summed E-state index contributed by atoms with van der Waals surface area (Å²) < 4.78 is 39.3. The highest BCUT2D eigenvalue weighted by molar-refractivity contribution is 5.82. The third-order valence-corrected chi connectivity index (χ3v) is 3.39. The molecule has 2 aromatic heterocycles. The molecule has 1 saturated heterocycles. The van der Waals surface area contributed by atoms with E-state index >= 15 is 0 Å². The molecule has 1 aliphatic rings. The van der Waals surface area contributed by atoms with Crippen molar-refractivity contribution in [1.82, 2.24) is 19.1 Å². The Hall–Kier alpha value is -2.32. The molecule has 0 unspecified atom stereocenters. The molecule has 0 radical (unpaired) electrons. The predicted molar refractivity (Wildman–Crippen MR) is 65.7 cm³/mol. The van der Waals surface area contributed by atoms with Gasteiger partial charge in [-0.25, -0.2) is 4.79 Å². The van der Waals surface area contributed by atoms with Crippen LogP contribution in [-0.4, -0.2) is 44.3 Å². The van der Waals surface area contributed by atoms with Gasteiger partial charge in [-0.15, -0.1) is 5.10 Å². The fraction of sp³-hybridized carbons (Fsp3) is 0.417. The molecule has 1 fully saturated rings. The number of aromatic nitrogens is 3. The highest BCUT2D eigenvalue weighted by Crippen LogP contribution is 2.25. The number of alkyl halides is 3. The van der Waals surface area contributed by atoms with E-state index in [1.807, 2.05) is 0 Å². The smallest absolute Gasteiger partial charge is 0.332 e. The summed E-state index contributed by atoms with van der Waals surface area (Å²) in [5.41, 5.74) is -0.178. The topological polar surface area (TPSA) is 59.6 Å². The Bertz CT molecular complexity index is 749. The lowest BCUT2D eigenvalue weighted by Crippen LogP contribution is -2.38. The van der Waals surface area contributed by atoms with E-state index in [1.165, 1.54) is 10.6 Å². The lowest BCUT2D eigenvalue weighted by molar-refractivity contribution is -0.158. The van der Waals surface area contributed by atoms with Gasteiger partial charge >= 0.3 is 11.9 Å². The summed E-state index contributed by atoms with van der Waals surface area (Å²) in [6, 6.07) is 3.93. The van der Waals surface area contributed by atoms with Crippen molar-refractivity contribution in [3.05, 3.63) is 34.9 Å². The van der Waals surface area contributed by atoms with Gasteiger partial charge in [-0.05, 0) is 18.6 Å². The molecular weight excluding hydrogens is 289 g/mol. The van der Waals surface area contributed by atoms with Crippen LogP contribution in [0.5, 0.6) is 0 Å². The van der Waals surface area contributed by atoms with Crippen LogP contribution in [0.25, 0.3) is 5.65 Å². The van der Waals surface area contributed by atoms with Crippen LogP contribution in [0.1, 0.15) is 12.5 Å². The molecule has 9 heteroatoms. The number of nitrogens with zero attached hydrogens (tertiary/aromatic N) is 4. The number of halogens is 3. The average molecular weight is 300 g/mol. The summed E-state index contributed by atoms with van der Waals surface area (Å²) in [6.45, 7) is -1.34. The molecule has 6 nitrogen and oxygen atoms in total. The maximum absolute atomic E-state index is 12.4.